The fourth-order valence-electron chi connectivity index (χ4n) is 2.12. The van der Waals surface area contributed by atoms with Crippen LogP contribution in [-0.4, -0.2) is 20.9 Å². The first-order chi connectivity index (χ1) is 11.6. The largest absolute Gasteiger partial charge is 0.352 e. The van der Waals surface area contributed by atoms with Crippen molar-refractivity contribution in [3.05, 3.63) is 53.3 Å². The lowest BCUT2D eigenvalue weighted by Crippen LogP contribution is -2.18. The Balaban J connectivity index is 1.69. The summed E-state index contributed by atoms with van der Waals surface area (Å²) in [7, 11) is 0. The standard InChI is InChI=1S/C17H17N5OS/c1-11-7-16(20-10-19-11)22-17-21-15(9-24-17)14-5-3-13(4-6-14)8-18-12(2)23/h3-7,9-10H,8H2,1-2H3,(H,18,23)(H,19,20,21,22). The van der Waals surface area contributed by atoms with E-state index in [1.165, 1.54) is 24.6 Å². The molecule has 0 unspecified atom stereocenters. The second-order valence-corrected chi connectivity index (χ2v) is 6.17. The van der Waals surface area contributed by atoms with Crippen molar-refractivity contribution in [1.29, 1.82) is 0 Å². The second-order valence-electron chi connectivity index (χ2n) is 5.31. The molecule has 0 fully saturated rings. The van der Waals surface area contributed by atoms with Gasteiger partial charge in [0.1, 0.15) is 12.1 Å². The van der Waals surface area contributed by atoms with Gasteiger partial charge < -0.3 is 10.6 Å². The molecule has 0 spiro atoms. The maximum absolute atomic E-state index is 10.9. The molecule has 2 aromatic heterocycles. The Morgan fingerprint density at radius 2 is 2.00 bits per heavy atom. The Hall–Kier alpha value is -2.80. The molecule has 3 rings (SSSR count). The summed E-state index contributed by atoms with van der Waals surface area (Å²) in [6.45, 7) is 3.96. The van der Waals surface area contributed by atoms with Crippen LogP contribution < -0.4 is 10.6 Å². The highest BCUT2D eigenvalue weighted by molar-refractivity contribution is 7.14. The van der Waals surface area contributed by atoms with Crippen LogP contribution in [0.25, 0.3) is 11.3 Å². The Kier molecular flexibility index (Phi) is 4.81. The maximum atomic E-state index is 10.9. The van der Waals surface area contributed by atoms with Crippen LogP contribution >= 0.6 is 11.3 Å². The first kappa shape index (κ1) is 16.1. The zero-order chi connectivity index (χ0) is 16.9. The van der Waals surface area contributed by atoms with Crippen molar-refractivity contribution in [2.75, 3.05) is 5.32 Å². The molecular weight excluding hydrogens is 322 g/mol. The number of aromatic nitrogens is 3. The molecule has 2 heterocycles. The summed E-state index contributed by atoms with van der Waals surface area (Å²) < 4.78 is 0. The molecule has 0 aliphatic rings. The van der Waals surface area contributed by atoms with Gasteiger partial charge in [-0.25, -0.2) is 15.0 Å². The number of benzene rings is 1. The topological polar surface area (TPSA) is 79.8 Å². The minimum atomic E-state index is -0.0331. The summed E-state index contributed by atoms with van der Waals surface area (Å²) >= 11 is 1.52. The second kappa shape index (κ2) is 7.18. The first-order valence-corrected chi connectivity index (χ1v) is 8.33. The van der Waals surface area contributed by atoms with Crippen LogP contribution in [0.5, 0.6) is 0 Å². The third-order valence-electron chi connectivity index (χ3n) is 3.33. The number of hydrogen-bond donors (Lipinski definition) is 2. The Bertz CT molecular complexity index is 844. The minimum absolute atomic E-state index is 0.0331. The van der Waals surface area contributed by atoms with E-state index in [1.54, 1.807) is 0 Å². The average Bonchev–Trinajstić information content (AvgIpc) is 3.02. The van der Waals surface area contributed by atoms with E-state index in [0.717, 1.165) is 33.5 Å². The number of nitrogens with one attached hydrogen (secondary N) is 2. The van der Waals surface area contributed by atoms with Crippen LogP contribution in [0.4, 0.5) is 10.9 Å². The molecule has 24 heavy (non-hydrogen) atoms. The maximum Gasteiger partial charge on any atom is 0.217 e. The Morgan fingerprint density at radius 3 is 2.71 bits per heavy atom. The number of rotatable bonds is 5. The molecule has 0 aliphatic heterocycles. The molecular formula is C17H17N5OS. The van der Waals surface area contributed by atoms with Crippen LogP contribution in [0.3, 0.4) is 0 Å². The van der Waals surface area contributed by atoms with Crippen molar-refractivity contribution in [1.82, 2.24) is 20.3 Å². The third kappa shape index (κ3) is 4.14. The highest BCUT2D eigenvalue weighted by Crippen LogP contribution is 2.26. The Labute approximate surface area is 144 Å². The zero-order valence-electron chi connectivity index (χ0n) is 13.4. The van der Waals surface area contributed by atoms with Gasteiger partial charge in [-0.1, -0.05) is 24.3 Å². The first-order valence-electron chi connectivity index (χ1n) is 7.45. The number of hydrogen-bond acceptors (Lipinski definition) is 6. The molecule has 7 heteroatoms. The molecule has 1 amide bonds. The van der Waals surface area contributed by atoms with E-state index >= 15 is 0 Å². The van der Waals surface area contributed by atoms with Crippen LogP contribution in [0.15, 0.2) is 42.0 Å². The van der Waals surface area contributed by atoms with Gasteiger partial charge in [0.15, 0.2) is 5.13 Å². The normalized spacial score (nSPS) is 10.4. The van der Waals surface area contributed by atoms with Gasteiger partial charge in [-0.15, -0.1) is 11.3 Å². The molecule has 0 atom stereocenters. The molecule has 0 bridgehead atoms. The van der Waals surface area contributed by atoms with Crippen LogP contribution in [0.1, 0.15) is 18.2 Å². The quantitative estimate of drug-likeness (QED) is 0.745. The average molecular weight is 339 g/mol. The predicted molar refractivity (Wildman–Crippen MR) is 95.1 cm³/mol. The SMILES string of the molecule is CC(=O)NCc1ccc(-c2csc(Nc3cc(C)ncn3)n2)cc1. The molecule has 0 aliphatic carbocycles. The number of anilines is 2. The summed E-state index contributed by atoms with van der Waals surface area (Å²) in [6.07, 6.45) is 1.53. The lowest BCUT2D eigenvalue weighted by molar-refractivity contribution is -0.119. The van der Waals surface area contributed by atoms with Gasteiger partial charge in [0, 0.05) is 36.2 Å². The van der Waals surface area contributed by atoms with Crippen molar-refractivity contribution >= 4 is 28.2 Å². The highest BCUT2D eigenvalue weighted by atomic mass is 32.1. The van der Waals surface area contributed by atoms with Crippen molar-refractivity contribution in [3.8, 4) is 11.3 Å². The fourth-order valence-corrected chi connectivity index (χ4v) is 2.84. The van der Waals surface area contributed by atoms with E-state index in [0.29, 0.717) is 6.54 Å². The van der Waals surface area contributed by atoms with Crippen molar-refractivity contribution < 1.29 is 4.79 Å². The van der Waals surface area contributed by atoms with E-state index in [1.807, 2.05) is 42.6 Å². The number of amides is 1. The summed E-state index contributed by atoms with van der Waals surface area (Å²) in [4.78, 5) is 23.8. The van der Waals surface area contributed by atoms with E-state index in [2.05, 4.69) is 25.6 Å². The summed E-state index contributed by atoms with van der Waals surface area (Å²) in [5.41, 5.74) is 3.89. The fraction of sp³-hybridized carbons (Fsp3) is 0.176. The van der Waals surface area contributed by atoms with Gasteiger partial charge in [0.25, 0.3) is 0 Å². The molecule has 1 aromatic carbocycles. The summed E-state index contributed by atoms with van der Waals surface area (Å²) in [5, 5.41) is 8.75. The van der Waals surface area contributed by atoms with Crippen LogP contribution in [0.2, 0.25) is 0 Å². The van der Waals surface area contributed by atoms with Crippen LogP contribution in [-0.2, 0) is 11.3 Å². The molecule has 0 saturated carbocycles. The molecule has 122 valence electrons. The van der Waals surface area contributed by atoms with Gasteiger partial charge in [0.2, 0.25) is 5.91 Å². The Morgan fingerprint density at radius 1 is 1.21 bits per heavy atom. The number of carbonyl (C=O) groups excluding carboxylic acids is 1. The van der Waals surface area contributed by atoms with Gasteiger partial charge in [-0.3, -0.25) is 4.79 Å². The molecule has 0 radical (unpaired) electrons. The monoisotopic (exact) mass is 339 g/mol. The lowest BCUT2D eigenvalue weighted by atomic mass is 10.1. The van der Waals surface area contributed by atoms with E-state index in [-0.39, 0.29) is 5.91 Å². The number of aryl methyl sites for hydroxylation is 1. The van der Waals surface area contributed by atoms with Gasteiger partial charge in [-0.05, 0) is 12.5 Å². The summed E-state index contributed by atoms with van der Waals surface area (Å²) in [5.74, 6) is 0.698. The minimum Gasteiger partial charge on any atom is -0.352 e. The highest BCUT2D eigenvalue weighted by Gasteiger charge is 2.06. The third-order valence-corrected chi connectivity index (χ3v) is 4.09. The number of carbonyl (C=O) groups is 1. The van der Waals surface area contributed by atoms with E-state index < -0.39 is 0 Å². The van der Waals surface area contributed by atoms with Gasteiger partial charge in [0.05, 0.1) is 5.69 Å². The number of nitrogens with zero attached hydrogens (tertiary/aromatic N) is 3. The van der Waals surface area contributed by atoms with Crippen molar-refractivity contribution in [2.45, 2.75) is 20.4 Å². The van der Waals surface area contributed by atoms with Crippen molar-refractivity contribution in [3.63, 3.8) is 0 Å². The van der Waals surface area contributed by atoms with Crippen molar-refractivity contribution in [2.24, 2.45) is 0 Å². The van der Waals surface area contributed by atoms with Gasteiger partial charge >= 0.3 is 0 Å². The zero-order valence-corrected chi connectivity index (χ0v) is 14.2. The molecule has 6 nitrogen and oxygen atoms in total. The predicted octanol–water partition coefficient (Wildman–Crippen LogP) is 3.29. The van der Waals surface area contributed by atoms with Crippen LogP contribution in [0, 0.1) is 6.92 Å². The molecule has 2 N–H and O–H groups in total. The number of thiazole rings is 1. The summed E-state index contributed by atoms with van der Waals surface area (Å²) in [6, 6.07) is 9.87. The lowest BCUT2D eigenvalue weighted by Gasteiger charge is -2.03. The smallest absolute Gasteiger partial charge is 0.217 e. The van der Waals surface area contributed by atoms with E-state index in [9.17, 15) is 4.79 Å². The molecule has 0 saturated heterocycles. The van der Waals surface area contributed by atoms with Gasteiger partial charge in [-0.2, -0.15) is 0 Å². The molecule has 3 aromatic rings. The van der Waals surface area contributed by atoms with E-state index in [4.69, 9.17) is 0 Å².